The van der Waals surface area contributed by atoms with Gasteiger partial charge in [-0.15, -0.1) is 0 Å². The van der Waals surface area contributed by atoms with E-state index in [1.165, 1.54) is 0 Å². The van der Waals surface area contributed by atoms with Crippen LogP contribution in [0.1, 0.15) is 36.9 Å². The minimum absolute atomic E-state index is 0.0515. The van der Waals surface area contributed by atoms with Crippen LogP contribution < -0.4 is 4.90 Å². The highest BCUT2D eigenvalue weighted by Gasteiger charge is 2.35. The van der Waals surface area contributed by atoms with Crippen molar-refractivity contribution in [1.82, 2.24) is 4.98 Å². The topological polar surface area (TPSA) is 60.2 Å². The maximum absolute atomic E-state index is 12.8. The van der Waals surface area contributed by atoms with Crippen molar-refractivity contribution in [1.29, 1.82) is 5.26 Å². The van der Waals surface area contributed by atoms with Crippen LogP contribution in [0.5, 0.6) is 0 Å². The molecule has 0 amide bonds. The van der Waals surface area contributed by atoms with E-state index in [-0.39, 0.29) is 24.0 Å². The smallest absolute Gasteiger partial charge is 0.396 e. The highest BCUT2D eigenvalue weighted by molar-refractivity contribution is 5.55. The molecule has 1 fully saturated rings. The molecule has 0 spiro atoms. The van der Waals surface area contributed by atoms with Crippen LogP contribution in [0.25, 0.3) is 0 Å². The molecule has 4 nitrogen and oxygen atoms in total. The van der Waals surface area contributed by atoms with Gasteiger partial charge in [0.05, 0.1) is 5.56 Å². The van der Waals surface area contributed by atoms with Crippen molar-refractivity contribution in [3.05, 3.63) is 23.4 Å². The minimum Gasteiger partial charge on any atom is -0.396 e. The predicted molar refractivity (Wildman–Crippen MR) is 70.6 cm³/mol. The molecule has 2 rings (SSSR count). The zero-order chi connectivity index (χ0) is 15.5. The zero-order valence-corrected chi connectivity index (χ0v) is 11.4. The molecular formula is C14H16F3N3O. The zero-order valence-electron chi connectivity index (χ0n) is 11.4. The van der Waals surface area contributed by atoms with Crippen molar-refractivity contribution in [2.24, 2.45) is 0 Å². The highest BCUT2D eigenvalue weighted by Crippen LogP contribution is 2.34. The fraction of sp³-hybridized carbons (Fsp3) is 0.571. The molecule has 0 radical (unpaired) electrons. The summed E-state index contributed by atoms with van der Waals surface area (Å²) in [5, 5.41) is 18.1. The molecule has 1 saturated carbocycles. The second kappa shape index (κ2) is 6.31. The number of anilines is 1. The van der Waals surface area contributed by atoms with E-state index in [9.17, 15) is 13.2 Å². The number of hydrogen-bond acceptors (Lipinski definition) is 4. The fourth-order valence-electron chi connectivity index (χ4n) is 2.31. The number of aliphatic hydroxyl groups excluding tert-OH is 1. The summed E-state index contributed by atoms with van der Waals surface area (Å²) in [5.74, 6) is 0.0745. The number of pyridine rings is 1. The number of alkyl halides is 3. The molecule has 21 heavy (non-hydrogen) atoms. The van der Waals surface area contributed by atoms with Crippen LogP contribution in [0.3, 0.4) is 0 Å². The first kappa shape index (κ1) is 15.6. The molecular weight excluding hydrogens is 283 g/mol. The van der Waals surface area contributed by atoms with E-state index in [0.29, 0.717) is 13.0 Å². The third-order valence-corrected chi connectivity index (χ3v) is 3.63. The maximum atomic E-state index is 12.8. The number of nitriles is 1. The Balaban J connectivity index is 2.39. The summed E-state index contributed by atoms with van der Waals surface area (Å²) in [6.07, 6.45) is -1.35. The van der Waals surface area contributed by atoms with Crippen LogP contribution in [-0.2, 0) is 6.18 Å². The van der Waals surface area contributed by atoms with E-state index in [4.69, 9.17) is 10.4 Å². The molecule has 0 atom stereocenters. The summed E-state index contributed by atoms with van der Waals surface area (Å²) >= 11 is 0. The Morgan fingerprint density at radius 2 is 2.10 bits per heavy atom. The summed E-state index contributed by atoms with van der Waals surface area (Å²) in [7, 11) is 0. The number of halogens is 3. The summed E-state index contributed by atoms with van der Waals surface area (Å²) in [6.45, 7) is 0.341. The molecule has 1 aromatic heterocycles. The summed E-state index contributed by atoms with van der Waals surface area (Å²) in [6, 6.07) is 3.99. The summed E-state index contributed by atoms with van der Waals surface area (Å²) in [4.78, 5) is 5.40. The van der Waals surface area contributed by atoms with Gasteiger partial charge < -0.3 is 10.0 Å². The maximum Gasteiger partial charge on any atom is 0.433 e. The Morgan fingerprint density at radius 3 is 2.57 bits per heavy atom. The molecule has 1 aromatic rings. The van der Waals surface area contributed by atoms with Crippen molar-refractivity contribution in [3.63, 3.8) is 0 Å². The van der Waals surface area contributed by atoms with Gasteiger partial charge in [-0.2, -0.15) is 18.4 Å². The lowest BCUT2D eigenvalue weighted by molar-refractivity contribution is -0.141. The van der Waals surface area contributed by atoms with Crippen molar-refractivity contribution >= 4 is 5.82 Å². The van der Waals surface area contributed by atoms with Gasteiger partial charge in [-0.1, -0.05) is 0 Å². The van der Waals surface area contributed by atoms with Crippen LogP contribution in [0.4, 0.5) is 19.0 Å². The van der Waals surface area contributed by atoms with E-state index >= 15 is 0 Å². The summed E-state index contributed by atoms with van der Waals surface area (Å²) < 4.78 is 38.4. The van der Waals surface area contributed by atoms with Gasteiger partial charge in [0.1, 0.15) is 17.6 Å². The first-order valence-corrected chi connectivity index (χ1v) is 6.83. The first-order chi connectivity index (χ1) is 9.97. The largest absolute Gasteiger partial charge is 0.433 e. The van der Waals surface area contributed by atoms with E-state index in [0.717, 1.165) is 31.4 Å². The molecule has 0 unspecified atom stereocenters. The van der Waals surface area contributed by atoms with Gasteiger partial charge >= 0.3 is 6.18 Å². The molecule has 0 saturated heterocycles. The number of hydrogen-bond donors (Lipinski definition) is 1. The summed E-state index contributed by atoms with van der Waals surface area (Å²) in [5.41, 5.74) is -0.863. The molecule has 0 bridgehead atoms. The second-order valence-electron chi connectivity index (χ2n) is 5.03. The highest BCUT2D eigenvalue weighted by atomic mass is 19.4. The molecule has 114 valence electrons. The van der Waals surface area contributed by atoms with Crippen molar-refractivity contribution < 1.29 is 18.3 Å². The van der Waals surface area contributed by atoms with Crippen LogP contribution in [-0.4, -0.2) is 29.3 Å². The third-order valence-electron chi connectivity index (χ3n) is 3.63. The Kier molecular flexibility index (Phi) is 4.68. The lowest BCUT2D eigenvalue weighted by Gasteiger charge is -2.39. The van der Waals surface area contributed by atoms with E-state index < -0.39 is 11.9 Å². The van der Waals surface area contributed by atoms with Crippen molar-refractivity contribution in [2.75, 3.05) is 18.1 Å². The molecule has 0 aliphatic heterocycles. The third kappa shape index (κ3) is 3.45. The predicted octanol–water partition coefficient (Wildman–Crippen LogP) is 2.71. The Hall–Kier alpha value is -1.81. The monoisotopic (exact) mass is 299 g/mol. The number of aliphatic hydroxyl groups is 1. The van der Waals surface area contributed by atoms with Gasteiger partial charge in [0, 0.05) is 19.2 Å². The van der Waals surface area contributed by atoms with E-state index in [2.05, 4.69) is 4.98 Å². The van der Waals surface area contributed by atoms with Crippen LogP contribution in [0.2, 0.25) is 0 Å². The van der Waals surface area contributed by atoms with Gasteiger partial charge in [-0.25, -0.2) is 4.98 Å². The normalized spacial score (nSPS) is 15.4. The molecule has 0 aromatic carbocycles. The van der Waals surface area contributed by atoms with Crippen molar-refractivity contribution in [2.45, 2.75) is 37.9 Å². The molecule has 1 aliphatic rings. The Bertz CT molecular complexity index is 535. The average molecular weight is 299 g/mol. The lowest BCUT2D eigenvalue weighted by Crippen LogP contribution is -2.42. The van der Waals surface area contributed by atoms with Gasteiger partial charge in [0.25, 0.3) is 0 Å². The second-order valence-corrected chi connectivity index (χ2v) is 5.03. The first-order valence-electron chi connectivity index (χ1n) is 6.83. The fourth-order valence-corrected chi connectivity index (χ4v) is 2.31. The average Bonchev–Trinajstić information content (AvgIpc) is 2.39. The van der Waals surface area contributed by atoms with E-state index in [1.807, 2.05) is 6.07 Å². The number of nitrogens with zero attached hydrogens (tertiary/aromatic N) is 3. The standard InChI is InChI=1S/C14H16F3N3O/c15-14(16,17)12-6-5-10(9-18)13(19-12)20(7-2-8-21)11-3-1-4-11/h5-6,11,21H,1-4,7-8H2. The molecule has 1 heterocycles. The lowest BCUT2D eigenvalue weighted by atomic mass is 9.91. The van der Waals surface area contributed by atoms with Crippen LogP contribution in [0.15, 0.2) is 12.1 Å². The Morgan fingerprint density at radius 1 is 1.38 bits per heavy atom. The molecule has 1 aliphatic carbocycles. The number of rotatable bonds is 5. The van der Waals surface area contributed by atoms with Gasteiger partial charge in [0.15, 0.2) is 0 Å². The molecule has 7 heteroatoms. The van der Waals surface area contributed by atoms with Gasteiger partial charge in [-0.05, 0) is 37.8 Å². The van der Waals surface area contributed by atoms with Crippen LogP contribution >= 0.6 is 0 Å². The Labute approximate surface area is 120 Å². The van der Waals surface area contributed by atoms with Crippen molar-refractivity contribution in [3.8, 4) is 6.07 Å². The quantitative estimate of drug-likeness (QED) is 0.908. The minimum atomic E-state index is -4.54. The van der Waals surface area contributed by atoms with Crippen LogP contribution in [0, 0.1) is 11.3 Å². The number of aromatic nitrogens is 1. The van der Waals surface area contributed by atoms with E-state index in [1.54, 1.807) is 4.90 Å². The molecule has 1 N–H and O–H groups in total. The van der Waals surface area contributed by atoms with Gasteiger partial charge in [0.2, 0.25) is 0 Å². The SMILES string of the molecule is N#Cc1ccc(C(F)(F)F)nc1N(CCCO)C1CCC1. The van der Waals surface area contributed by atoms with Gasteiger partial charge in [-0.3, -0.25) is 0 Å².